The fourth-order valence-corrected chi connectivity index (χ4v) is 2.83. The van der Waals surface area contributed by atoms with Gasteiger partial charge in [-0.2, -0.15) is 0 Å². The Hall–Kier alpha value is -3.15. The molecule has 3 aromatic rings. The zero-order valence-corrected chi connectivity index (χ0v) is 16.1. The van der Waals surface area contributed by atoms with Crippen LogP contribution in [0.2, 0.25) is 0 Å². The van der Waals surface area contributed by atoms with Gasteiger partial charge in [0, 0.05) is 32.0 Å². The number of benzene rings is 2. The van der Waals surface area contributed by atoms with Gasteiger partial charge in [0.15, 0.2) is 5.96 Å². The van der Waals surface area contributed by atoms with Crippen molar-refractivity contribution in [3.05, 3.63) is 89.8 Å². The molecule has 0 unspecified atom stereocenters. The van der Waals surface area contributed by atoms with Crippen LogP contribution < -0.4 is 10.6 Å². The number of hydrogen-bond donors (Lipinski definition) is 2. The zero-order valence-electron chi connectivity index (χ0n) is 16.1. The van der Waals surface area contributed by atoms with Crippen LogP contribution in [0, 0.1) is 5.82 Å². The number of rotatable bonds is 8. The van der Waals surface area contributed by atoms with Gasteiger partial charge in [-0.15, -0.1) is 0 Å². The normalized spacial score (nSPS) is 11.4. The Balaban J connectivity index is 1.50. The van der Waals surface area contributed by atoms with E-state index in [1.165, 1.54) is 17.7 Å². The van der Waals surface area contributed by atoms with E-state index in [1.54, 1.807) is 6.20 Å². The third kappa shape index (κ3) is 6.23. The van der Waals surface area contributed by atoms with E-state index in [-0.39, 0.29) is 5.82 Å². The maximum atomic E-state index is 13.0. The Morgan fingerprint density at radius 1 is 1.00 bits per heavy atom. The van der Waals surface area contributed by atoms with E-state index < -0.39 is 0 Å². The van der Waals surface area contributed by atoms with Crippen LogP contribution in [-0.4, -0.2) is 28.6 Å². The molecule has 2 N–H and O–H groups in total. The molecular weight excluding hydrogens is 353 g/mol. The Labute approximate surface area is 165 Å². The van der Waals surface area contributed by atoms with E-state index in [0.29, 0.717) is 6.54 Å². The molecule has 0 amide bonds. The molecule has 0 saturated carbocycles. The summed E-state index contributed by atoms with van der Waals surface area (Å²) in [7, 11) is 0. The van der Waals surface area contributed by atoms with Gasteiger partial charge < -0.3 is 15.2 Å². The standard InChI is InChI=1S/C22H26FN5/c1-2-25-22(26-12-11-18-7-9-21(23)10-8-18)27-15-19-3-5-20(6-4-19)16-28-14-13-24-17-28/h3-10,13-14,17H,2,11-12,15-16H2,1H3,(H2,25,26,27). The number of nitrogens with one attached hydrogen (secondary N) is 2. The molecule has 0 aliphatic carbocycles. The molecule has 146 valence electrons. The fourth-order valence-electron chi connectivity index (χ4n) is 2.83. The van der Waals surface area contributed by atoms with Gasteiger partial charge in [0.2, 0.25) is 0 Å². The molecule has 0 bridgehead atoms. The molecule has 0 aliphatic rings. The molecule has 28 heavy (non-hydrogen) atoms. The second-order valence-electron chi connectivity index (χ2n) is 6.55. The van der Waals surface area contributed by atoms with E-state index >= 15 is 0 Å². The first-order chi connectivity index (χ1) is 13.7. The van der Waals surface area contributed by atoms with Crippen molar-refractivity contribution in [2.75, 3.05) is 13.1 Å². The first-order valence-corrected chi connectivity index (χ1v) is 9.53. The molecular formula is C22H26FN5. The lowest BCUT2D eigenvalue weighted by Gasteiger charge is -2.11. The average molecular weight is 379 g/mol. The minimum Gasteiger partial charge on any atom is -0.357 e. The van der Waals surface area contributed by atoms with Gasteiger partial charge in [-0.05, 0) is 42.2 Å². The number of nitrogens with zero attached hydrogens (tertiary/aromatic N) is 3. The van der Waals surface area contributed by atoms with Gasteiger partial charge in [0.25, 0.3) is 0 Å². The first-order valence-electron chi connectivity index (χ1n) is 9.53. The largest absolute Gasteiger partial charge is 0.357 e. The number of imidazole rings is 1. The van der Waals surface area contributed by atoms with E-state index in [0.717, 1.165) is 43.1 Å². The predicted molar refractivity (Wildman–Crippen MR) is 111 cm³/mol. The van der Waals surface area contributed by atoms with E-state index in [2.05, 4.69) is 44.9 Å². The molecule has 5 nitrogen and oxygen atoms in total. The van der Waals surface area contributed by atoms with Gasteiger partial charge in [0.1, 0.15) is 5.82 Å². The van der Waals surface area contributed by atoms with Gasteiger partial charge in [0.05, 0.1) is 12.9 Å². The SMILES string of the molecule is CCNC(=NCc1ccc(Cn2ccnc2)cc1)NCCc1ccc(F)cc1. The van der Waals surface area contributed by atoms with Crippen molar-refractivity contribution in [3.8, 4) is 0 Å². The molecule has 2 aromatic carbocycles. The summed E-state index contributed by atoms with van der Waals surface area (Å²) in [6.07, 6.45) is 6.37. The minimum absolute atomic E-state index is 0.206. The summed E-state index contributed by atoms with van der Waals surface area (Å²) < 4.78 is 15.0. The van der Waals surface area contributed by atoms with Gasteiger partial charge in [-0.1, -0.05) is 36.4 Å². The summed E-state index contributed by atoms with van der Waals surface area (Å²) in [6.45, 7) is 5.00. The quantitative estimate of drug-likeness (QED) is 0.466. The molecule has 3 rings (SSSR count). The molecule has 6 heteroatoms. The third-order valence-corrected chi connectivity index (χ3v) is 4.33. The molecule has 0 radical (unpaired) electrons. The predicted octanol–water partition coefficient (Wildman–Crippen LogP) is 3.37. The van der Waals surface area contributed by atoms with Gasteiger partial charge in [-0.3, -0.25) is 0 Å². The maximum Gasteiger partial charge on any atom is 0.191 e. The third-order valence-electron chi connectivity index (χ3n) is 4.33. The van der Waals surface area contributed by atoms with E-state index in [1.807, 2.05) is 36.1 Å². The molecule has 0 saturated heterocycles. The topological polar surface area (TPSA) is 54.2 Å². The van der Waals surface area contributed by atoms with Crippen molar-refractivity contribution in [1.82, 2.24) is 20.2 Å². The van der Waals surface area contributed by atoms with Crippen LogP contribution in [0.5, 0.6) is 0 Å². The number of aliphatic imine (C=N–C) groups is 1. The van der Waals surface area contributed by atoms with Crippen LogP contribution in [0.3, 0.4) is 0 Å². The Bertz CT molecular complexity index is 855. The average Bonchev–Trinajstić information content (AvgIpc) is 3.22. The molecule has 1 aromatic heterocycles. The van der Waals surface area contributed by atoms with Crippen molar-refractivity contribution >= 4 is 5.96 Å². The molecule has 0 spiro atoms. The highest BCUT2D eigenvalue weighted by Gasteiger charge is 2.00. The number of hydrogen-bond acceptors (Lipinski definition) is 2. The lowest BCUT2D eigenvalue weighted by atomic mass is 10.1. The highest BCUT2D eigenvalue weighted by atomic mass is 19.1. The van der Waals surface area contributed by atoms with Gasteiger partial charge in [-0.25, -0.2) is 14.4 Å². The van der Waals surface area contributed by atoms with E-state index in [4.69, 9.17) is 0 Å². The fraction of sp³-hybridized carbons (Fsp3) is 0.273. The van der Waals surface area contributed by atoms with Crippen LogP contribution >= 0.6 is 0 Å². The second-order valence-corrected chi connectivity index (χ2v) is 6.55. The number of halogens is 1. The summed E-state index contributed by atoms with van der Waals surface area (Å²) in [5, 5.41) is 6.59. The monoisotopic (exact) mass is 379 g/mol. The highest BCUT2D eigenvalue weighted by Crippen LogP contribution is 2.08. The summed E-state index contributed by atoms with van der Waals surface area (Å²) in [4.78, 5) is 8.72. The molecule has 1 heterocycles. The van der Waals surface area contributed by atoms with Crippen LogP contribution in [-0.2, 0) is 19.5 Å². The smallest absolute Gasteiger partial charge is 0.191 e. The van der Waals surface area contributed by atoms with E-state index in [9.17, 15) is 4.39 Å². The Morgan fingerprint density at radius 3 is 2.39 bits per heavy atom. The van der Waals surface area contributed by atoms with Crippen LogP contribution in [0.15, 0.2) is 72.2 Å². The summed E-state index contributed by atoms with van der Waals surface area (Å²) >= 11 is 0. The van der Waals surface area contributed by atoms with Crippen molar-refractivity contribution in [1.29, 1.82) is 0 Å². The second kappa shape index (κ2) is 10.3. The summed E-state index contributed by atoms with van der Waals surface area (Å²) in [5.41, 5.74) is 3.48. The number of aromatic nitrogens is 2. The molecule has 0 fully saturated rings. The first kappa shape index (κ1) is 19.6. The van der Waals surface area contributed by atoms with Crippen molar-refractivity contribution in [2.24, 2.45) is 4.99 Å². The van der Waals surface area contributed by atoms with Crippen LogP contribution in [0.1, 0.15) is 23.6 Å². The van der Waals surface area contributed by atoms with Crippen LogP contribution in [0.25, 0.3) is 0 Å². The van der Waals surface area contributed by atoms with Gasteiger partial charge >= 0.3 is 0 Å². The Morgan fingerprint density at radius 2 is 1.71 bits per heavy atom. The lowest BCUT2D eigenvalue weighted by Crippen LogP contribution is -2.38. The summed E-state index contributed by atoms with van der Waals surface area (Å²) in [5.74, 6) is 0.578. The van der Waals surface area contributed by atoms with Crippen molar-refractivity contribution < 1.29 is 4.39 Å². The lowest BCUT2D eigenvalue weighted by molar-refractivity contribution is 0.626. The summed E-state index contributed by atoms with van der Waals surface area (Å²) in [6, 6.07) is 15.1. The van der Waals surface area contributed by atoms with Crippen molar-refractivity contribution in [2.45, 2.75) is 26.4 Å². The van der Waals surface area contributed by atoms with Crippen LogP contribution in [0.4, 0.5) is 4.39 Å². The number of guanidine groups is 1. The van der Waals surface area contributed by atoms with Crippen molar-refractivity contribution in [3.63, 3.8) is 0 Å². The molecule has 0 atom stereocenters. The highest BCUT2D eigenvalue weighted by molar-refractivity contribution is 5.79. The maximum absolute atomic E-state index is 13.0. The minimum atomic E-state index is -0.206. The Kier molecular flexibility index (Phi) is 7.18. The molecule has 0 aliphatic heterocycles. The zero-order chi connectivity index (χ0) is 19.6.